The van der Waals surface area contributed by atoms with E-state index in [-0.39, 0.29) is 12.5 Å². The quantitative estimate of drug-likeness (QED) is 0.882. The van der Waals surface area contributed by atoms with Gasteiger partial charge in [-0.1, -0.05) is 59.6 Å². The zero-order chi connectivity index (χ0) is 13.0. The van der Waals surface area contributed by atoms with E-state index in [1.807, 2.05) is 24.3 Å². The topological polar surface area (TPSA) is 20.2 Å². The summed E-state index contributed by atoms with van der Waals surface area (Å²) in [5.74, 6) is 0.0569. The van der Waals surface area contributed by atoms with Crippen molar-refractivity contribution in [2.45, 2.75) is 19.3 Å². The average molecular weight is 261 g/mol. The molecule has 0 fully saturated rings. The van der Waals surface area contributed by atoms with E-state index >= 15 is 0 Å². The van der Waals surface area contributed by atoms with Crippen molar-refractivity contribution in [2.24, 2.45) is 0 Å². The number of aliphatic hydroxyl groups is 1. The Morgan fingerprint density at radius 3 is 2.33 bits per heavy atom. The molecule has 2 aromatic carbocycles. The Labute approximate surface area is 113 Å². The van der Waals surface area contributed by atoms with Gasteiger partial charge in [0, 0.05) is 10.9 Å². The van der Waals surface area contributed by atoms with Crippen molar-refractivity contribution >= 4 is 11.6 Å². The van der Waals surface area contributed by atoms with Crippen molar-refractivity contribution in [3.63, 3.8) is 0 Å². The minimum atomic E-state index is 0.0569. The van der Waals surface area contributed by atoms with Crippen LogP contribution < -0.4 is 0 Å². The zero-order valence-corrected chi connectivity index (χ0v) is 11.2. The first kappa shape index (κ1) is 13.1. The Balaban J connectivity index is 2.20. The number of aliphatic hydroxyl groups excluding tert-OH is 1. The third kappa shape index (κ3) is 3.12. The van der Waals surface area contributed by atoms with E-state index in [1.165, 1.54) is 11.1 Å². The summed E-state index contributed by atoms with van der Waals surface area (Å²) >= 11 is 6.18. The second kappa shape index (κ2) is 6.03. The monoisotopic (exact) mass is 260 g/mol. The van der Waals surface area contributed by atoms with Crippen molar-refractivity contribution in [2.75, 3.05) is 6.61 Å². The van der Waals surface area contributed by atoms with Crippen LogP contribution in [-0.4, -0.2) is 11.7 Å². The van der Waals surface area contributed by atoms with E-state index in [0.717, 1.165) is 17.0 Å². The second-order valence-corrected chi connectivity index (χ2v) is 5.00. The SMILES string of the molecule is Cc1ccc(CC(CO)c2ccccc2Cl)cc1. The molecule has 1 N–H and O–H groups in total. The minimum Gasteiger partial charge on any atom is -0.396 e. The summed E-state index contributed by atoms with van der Waals surface area (Å²) in [6.45, 7) is 2.18. The van der Waals surface area contributed by atoms with Crippen LogP contribution in [0.4, 0.5) is 0 Å². The Morgan fingerprint density at radius 2 is 1.72 bits per heavy atom. The molecule has 0 saturated carbocycles. The predicted octanol–water partition coefficient (Wildman–Crippen LogP) is 3.97. The van der Waals surface area contributed by atoms with Crippen LogP contribution in [0, 0.1) is 6.92 Å². The van der Waals surface area contributed by atoms with Crippen LogP contribution >= 0.6 is 11.6 Å². The van der Waals surface area contributed by atoms with Crippen molar-refractivity contribution in [1.82, 2.24) is 0 Å². The van der Waals surface area contributed by atoms with Gasteiger partial charge in [0.15, 0.2) is 0 Å². The standard InChI is InChI=1S/C16H17ClO/c1-12-6-8-13(9-7-12)10-14(11-18)15-4-2-3-5-16(15)17/h2-9,14,18H,10-11H2,1H3. The Morgan fingerprint density at radius 1 is 1.06 bits per heavy atom. The molecule has 94 valence electrons. The molecule has 0 heterocycles. The zero-order valence-electron chi connectivity index (χ0n) is 10.4. The molecule has 1 unspecified atom stereocenters. The van der Waals surface area contributed by atoms with Gasteiger partial charge in [0.25, 0.3) is 0 Å². The normalized spacial score (nSPS) is 12.4. The fourth-order valence-corrected chi connectivity index (χ4v) is 2.38. The molecular weight excluding hydrogens is 244 g/mol. The third-order valence-corrected chi connectivity index (χ3v) is 3.51. The lowest BCUT2D eigenvalue weighted by molar-refractivity contribution is 0.264. The number of aryl methyl sites for hydroxylation is 1. The molecule has 0 aliphatic heterocycles. The van der Waals surface area contributed by atoms with Crippen LogP contribution in [0.25, 0.3) is 0 Å². The third-order valence-electron chi connectivity index (χ3n) is 3.17. The molecule has 1 nitrogen and oxygen atoms in total. The summed E-state index contributed by atoms with van der Waals surface area (Å²) in [6, 6.07) is 16.1. The molecular formula is C16H17ClO. The lowest BCUT2D eigenvalue weighted by atomic mass is 9.92. The number of benzene rings is 2. The minimum absolute atomic E-state index is 0.0569. The molecule has 0 spiro atoms. The van der Waals surface area contributed by atoms with Gasteiger partial charge in [-0.3, -0.25) is 0 Å². The van der Waals surface area contributed by atoms with Gasteiger partial charge in [-0.15, -0.1) is 0 Å². The molecule has 18 heavy (non-hydrogen) atoms. The Bertz CT molecular complexity index is 505. The molecule has 0 radical (unpaired) electrons. The van der Waals surface area contributed by atoms with Gasteiger partial charge in [0.05, 0.1) is 6.61 Å². The van der Waals surface area contributed by atoms with Crippen molar-refractivity contribution in [3.8, 4) is 0 Å². The van der Waals surface area contributed by atoms with E-state index < -0.39 is 0 Å². The van der Waals surface area contributed by atoms with Gasteiger partial charge in [-0.2, -0.15) is 0 Å². The van der Waals surface area contributed by atoms with Crippen LogP contribution in [-0.2, 0) is 6.42 Å². The molecule has 0 aromatic heterocycles. The summed E-state index contributed by atoms with van der Waals surface area (Å²) in [7, 11) is 0. The van der Waals surface area contributed by atoms with E-state index in [4.69, 9.17) is 11.6 Å². The maximum Gasteiger partial charge on any atom is 0.0503 e. The predicted molar refractivity (Wildman–Crippen MR) is 76.2 cm³/mol. The van der Waals surface area contributed by atoms with Gasteiger partial charge < -0.3 is 5.11 Å². The van der Waals surface area contributed by atoms with Gasteiger partial charge >= 0.3 is 0 Å². The smallest absolute Gasteiger partial charge is 0.0503 e. The van der Waals surface area contributed by atoms with Gasteiger partial charge in [0.2, 0.25) is 0 Å². The molecule has 2 rings (SSSR count). The largest absolute Gasteiger partial charge is 0.396 e. The number of rotatable bonds is 4. The lowest BCUT2D eigenvalue weighted by Gasteiger charge is -2.16. The summed E-state index contributed by atoms with van der Waals surface area (Å²) in [6.07, 6.45) is 0.806. The summed E-state index contributed by atoms with van der Waals surface area (Å²) in [4.78, 5) is 0. The highest BCUT2D eigenvalue weighted by atomic mass is 35.5. The number of hydrogen-bond acceptors (Lipinski definition) is 1. The van der Waals surface area contributed by atoms with E-state index in [1.54, 1.807) is 0 Å². The van der Waals surface area contributed by atoms with Crippen molar-refractivity contribution in [1.29, 1.82) is 0 Å². The maximum absolute atomic E-state index is 9.56. The summed E-state index contributed by atoms with van der Waals surface area (Å²) in [5.41, 5.74) is 3.49. The molecule has 0 amide bonds. The van der Waals surface area contributed by atoms with Gasteiger partial charge in [-0.05, 0) is 30.5 Å². The first-order chi connectivity index (χ1) is 8.70. The van der Waals surface area contributed by atoms with E-state index in [9.17, 15) is 5.11 Å². The van der Waals surface area contributed by atoms with Crippen LogP contribution in [0.1, 0.15) is 22.6 Å². The molecule has 0 saturated heterocycles. The van der Waals surface area contributed by atoms with Gasteiger partial charge in [0.1, 0.15) is 0 Å². The molecule has 0 bridgehead atoms. The highest BCUT2D eigenvalue weighted by molar-refractivity contribution is 6.31. The average Bonchev–Trinajstić information content (AvgIpc) is 2.39. The fraction of sp³-hybridized carbons (Fsp3) is 0.250. The Kier molecular flexibility index (Phi) is 4.40. The van der Waals surface area contributed by atoms with Crippen LogP contribution in [0.2, 0.25) is 5.02 Å². The summed E-state index contributed by atoms with van der Waals surface area (Å²) in [5, 5.41) is 10.3. The summed E-state index contributed by atoms with van der Waals surface area (Å²) < 4.78 is 0. The number of hydrogen-bond donors (Lipinski definition) is 1. The molecule has 1 atom stereocenters. The van der Waals surface area contributed by atoms with Crippen molar-refractivity contribution < 1.29 is 5.11 Å². The maximum atomic E-state index is 9.56. The molecule has 0 aliphatic carbocycles. The fourth-order valence-electron chi connectivity index (χ4n) is 2.09. The van der Waals surface area contributed by atoms with Crippen LogP contribution in [0.3, 0.4) is 0 Å². The number of halogens is 1. The van der Waals surface area contributed by atoms with Crippen LogP contribution in [0.15, 0.2) is 48.5 Å². The second-order valence-electron chi connectivity index (χ2n) is 4.59. The molecule has 0 aliphatic rings. The Hall–Kier alpha value is -1.31. The molecule has 2 aromatic rings. The highest BCUT2D eigenvalue weighted by Crippen LogP contribution is 2.27. The first-order valence-electron chi connectivity index (χ1n) is 6.11. The van der Waals surface area contributed by atoms with Crippen molar-refractivity contribution in [3.05, 3.63) is 70.2 Å². The molecule has 2 heteroatoms. The van der Waals surface area contributed by atoms with Crippen LogP contribution in [0.5, 0.6) is 0 Å². The van der Waals surface area contributed by atoms with E-state index in [0.29, 0.717) is 0 Å². The lowest BCUT2D eigenvalue weighted by Crippen LogP contribution is -2.08. The van der Waals surface area contributed by atoms with Gasteiger partial charge in [-0.25, -0.2) is 0 Å². The highest BCUT2D eigenvalue weighted by Gasteiger charge is 2.14. The first-order valence-corrected chi connectivity index (χ1v) is 6.49. The van der Waals surface area contributed by atoms with E-state index in [2.05, 4.69) is 31.2 Å².